The lowest BCUT2D eigenvalue weighted by Crippen LogP contribution is -2.41. The molecule has 1 fully saturated rings. The molecular weight excluding hydrogens is 176 g/mol. The van der Waals surface area contributed by atoms with Crippen molar-refractivity contribution in [2.45, 2.75) is 6.04 Å². The maximum atomic E-state index is 5.58. The SMILES string of the molecule is C=CC[SiH]1CO[SiH2][SiH2][SiH2]1. The van der Waals surface area contributed by atoms with E-state index in [4.69, 9.17) is 4.43 Å². The van der Waals surface area contributed by atoms with Crippen LogP contribution in [0.3, 0.4) is 0 Å². The Morgan fingerprint density at radius 2 is 2.67 bits per heavy atom. The van der Waals surface area contributed by atoms with Gasteiger partial charge < -0.3 is 4.43 Å². The van der Waals surface area contributed by atoms with Crippen LogP contribution in [-0.4, -0.2) is 40.9 Å². The molecule has 0 spiro atoms. The smallest absolute Gasteiger partial charge is 0.139 e. The maximum Gasteiger partial charge on any atom is 0.139 e. The van der Waals surface area contributed by atoms with Crippen LogP contribution < -0.4 is 0 Å². The minimum Gasteiger partial charge on any atom is -0.432 e. The zero-order chi connectivity index (χ0) is 6.53. The lowest BCUT2D eigenvalue weighted by Gasteiger charge is -2.17. The average molecular weight is 190 g/mol. The number of allylic oxidation sites excluding steroid dienone is 1. The summed E-state index contributed by atoms with van der Waals surface area (Å²) in [5.74, 6) is 0. The van der Waals surface area contributed by atoms with Gasteiger partial charge in [-0.15, -0.1) is 6.58 Å². The average Bonchev–Trinajstić information content (AvgIpc) is 1.91. The highest BCUT2D eigenvalue weighted by Crippen LogP contribution is 1.95. The summed E-state index contributed by atoms with van der Waals surface area (Å²) >= 11 is 0. The lowest BCUT2D eigenvalue weighted by atomic mass is 10.8. The molecular formula is C4H14OSi4. The van der Waals surface area contributed by atoms with Crippen molar-refractivity contribution < 1.29 is 4.43 Å². The first-order chi connectivity index (χ1) is 4.43. The van der Waals surface area contributed by atoms with E-state index in [0.29, 0.717) is 17.1 Å². The van der Waals surface area contributed by atoms with Gasteiger partial charge in [-0.1, -0.05) is 6.08 Å². The zero-order valence-electron chi connectivity index (χ0n) is 5.81. The Labute approximate surface area is 64.4 Å². The summed E-state index contributed by atoms with van der Waals surface area (Å²) in [5.41, 5.74) is 0. The second-order valence-electron chi connectivity index (χ2n) is 2.61. The molecule has 0 radical (unpaired) electrons. The van der Waals surface area contributed by atoms with Gasteiger partial charge in [-0.05, 0) is 6.04 Å². The Morgan fingerprint density at radius 3 is 3.22 bits per heavy atom. The molecule has 0 aromatic heterocycles. The molecule has 9 heavy (non-hydrogen) atoms. The van der Waals surface area contributed by atoms with Crippen LogP contribution in [0.15, 0.2) is 12.7 Å². The molecule has 1 heterocycles. The van der Waals surface area contributed by atoms with Crippen molar-refractivity contribution in [3.8, 4) is 0 Å². The van der Waals surface area contributed by atoms with Crippen LogP contribution in [-0.2, 0) is 4.43 Å². The van der Waals surface area contributed by atoms with Gasteiger partial charge in [0.15, 0.2) is 0 Å². The van der Waals surface area contributed by atoms with E-state index in [0.717, 1.165) is 0 Å². The second kappa shape index (κ2) is 4.39. The minimum absolute atomic E-state index is 0.161. The fraction of sp³-hybridized carbons (Fsp3) is 0.500. The topological polar surface area (TPSA) is 9.23 Å². The van der Waals surface area contributed by atoms with Crippen molar-refractivity contribution in [2.75, 3.05) is 6.23 Å². The largest absolute Gasteiger partial charge is 0.432 e. The summed E-state index contributed by atoms with van der Waals surface area (Å²) in [4.78, 5) is 0. The van der Waals surface area contributed by atoms with Crippen LogP contribution in [0.5, 0.6) is 0 Å². The van der Waals surface area contributed by atoms with Crippen LogP contribution in [0.4, 0.5) is 0 Å². The highest BCUT2D eigenvalue weighted by Gasteiger charge is 2.14. The third kappa shape index (κ3) is 2.76. The van der Waals surface area contributed by atoms with Gasteiger partial charge in [0.1, 0.15) is 9.28 Å². The van der Waals surface area contributed by atoms with Crippen molar-refractivity contribution in [2.24, 2.45) is 0 Å². The molecule has 1 nitrogen and oxygen atoms in total. The van der Waals surface area contributed by atoms with Gasteiger partial charge >= 0.3 is 0 Å². The minimum atomic E-state index is -0.231. The van der Waals surface area contributed by atoms with Crippen LogP contribution >= 0.6 is 0 Å². The summed E-state index contributed by atoms with van der Waals surface area (Å²) < 4.78 is 5.58. The Kier molecular flexibility index (Phi) is 3.75. The van der Waals surface area contributed by atoms with Gasteiger partial charge in [-0.25, -0.2) is 0 Å². The van der Waals surface area contributed by atoms with Gasteiger partial charge in [0.25, 0.3) is 0 Å². The summed E-state index contributed by atoms with van der Waals surface area (Å²) in [6, 6.07) is 1.38. The van der Waals surface area contributed by atoms with Crippen LogP contribution in [0.25, 0.3) is 0 Å². The fourth-order valence-corrected chi connectivity index (χ4v) is 45.2. The summed E-state index contributed by atoms with van der Waals surface area (Å²) in [6.45, 7) is 3.78. The van der Waals surface area contributed by atoms with E-state index in [1.807, 2.05) is 0 Å². The van der Waals surface area contributed by atoms with Gasteiger partial charge in [0.05, 0.1) is 8.31 Å². The quantitative estimate of drug-likeness (QED) is 0.352. The van der Waals surface area contributed by atoms with E-state index in [-0.39, 0.29) is 17.6 Å². The predicted octanol–water partition coefficient (Wildman–Crippen LogP) is -2.28. The predicted molar refractivity (Wildman–Crippen MR) is 53.7 cm³/mol. The van der Waals surface area contributed by atoms with Gasteiger partial charge in [-0.3, -0.25) is 0 Å². The van der Waals surface area contributed by atoms with Crippen molar-refractivity contribution in [1.29, 1.82) is 0 Å². The molecule has 0 amide bonds. The Balaban J connectivity index is 2.15. The van der Waals surface area contributed by atoms with Crippen LogP contribution in [0.1, 0.15) is 0 Å². The molecule has 0 saturated carbocycles. The van der Waals surface area contributed by atoms with E-state index in [1.54, 1.807) is 0 Å². The summed E-state index contributed by atoms with van der Waals surface area (Å²) in [6.07, 6.45) is 3.37. The molecule has 0 aromatic rings. The first kappa shape index (κ1) is 7.67. The lowest BCUT2D eigenvalue weighted by molar-refractivity contribution is 0.418. The van der Waals surface area contributed by atoms with Gasteiger partial charge in [0, 0.05) is 23.3 Å². The third-order valence-corrected chi connectivity index (χ3v) is 37.7. The maximum absolute atomic E-state index is 5.58. The molecule has 1 saturated heterocycles. The van der Waals surface area contributed by atoms with E-state index in [1.165, 1.54) is 12.3 Å². The zero-order valence-corrected chi connectivity index (χ0v) is 11.2. The molecule has 1 aliphatic heterocycles. The van der Waals surface area contributed by atoms with Crippen molar-refractivity contribution in [3.63, 3.8) is 0 Å². The molecule has 1 aliphatic rings. The molecule has 0 aromatic carbocycles. The highest BCUT2D eigenvalue weighted by atomic mass is 29.7. The van der Waals surface area contributed by atoms with Crippen molar-refractivity contribution in [1.82, 2.24) is 0 Å². The molecule has 0 bridgehead atoms. The normalized spacial score (nSPS) is 35.8. The molecule has 52 valence electrons. The van der Waals surface area contributed by atoms with Crippen LogP contribution in [0, 0.1) is 0 Å². The van der Waals surface area contributed by atoms with Crippen molar-refractivity contribution in [3.05, 3.63) is 12.7 Å². The van der Waals surface area contributed by atoms with E-state index < -0.39 is 0 Å². The van der Waals surface area contributed by atoms with E-state index >= 15 is 0 Å². The molecule has 1 rings (SSSR count). The van der Waals surface area contributed by atoms with Gasteiger partial charge in [0.2, 0.25) is 0 Å². The number of hydrogen-bond acceptors (Lipinski definition) is 1. The Hall–Kier alpha value is 0.568. The highest BCUT2D eigenvalue weighted by molar-refractivity contribution is 7.48. The molecule has 0 aliphatic carbocycles. The summed E-state index contributed by atoms with van der Waals surface area (Å²) in [5, 5.41) is 0. The van der Waals surface area contributed by atoms with E-state index in [2.05, 4.69) is 12.7 Å². The third-order valence-electron chi connectivity index (χ3n) is 1.75. The monoisotopic (exact) mass is 190 g/mol. The number of rotatable bonds is 2. The molecule has 1 atom stereocenters. The molecule has 0 N–H and O–H groups in total. The fourth-order valence-electron chi connectivity index (χ4n) is 1.23. The van der Waals surface area contributed by atoms with E-state index in [9.17, 15) is 0 Å². The number of hydrogen-bond donors (Lipinski definition) is 0. The molecule has 1 unspecified atom stereocenters. The molecule has 5 heteroatoms. The Bertz CT molecular complexity index is 90.6. The second-order valence-corrected chi connectivity index (χ2v) is 27.3. The summed E-state index contributed by atoms with van der Waals surface area (Å²) in [7, 11) is 0.995. The Morgan fingerprint density at radius 1 is 1.78 bits per heavy atom. The van der Waals surface area contributed by atoms with Gasteiger partial charge in [-0.2, -0.15) is 0 Å². The first-order valence-corrected chi connectivity index (χ1v) is 17.1. The van der Waals surface area contributed by atoms with Crippen LogP contribution in [0.2, 0.25) is 6.04 Å². The first-order valence-electron chi connectivity index (χ1n) is 3.62. The van der Waals surface area contributed by atoms with Crippen molar-refractivity contribution >= 4 is 34.7 Å². The standard InChI is InChI=1S/C4H14OSi4/c1-2-3-9-4-5-6-7-8-9/h2,9H,1,3-4,6-8H2.